The summed E-state index contributed by atoms with van der Waals surface area (Å²) in [5, 5.41) is 12.1. The van der Waals surface area contributed by atoms with Crippen LogP contribution in [0.5, 0.6) is 0 Å². The van der Waals surface area contributed by atoms with Crippen LogP contribution in [0.25, 0.3) is 11.0 Å². The van der Waals surface area contributed by atoms with Gasteiger partial charge in [-0.05, 0) is 61.0 Å². The zero-order valence-corrected chi connectivity index (χ0v) is 20.2. The van der Waals surface area contributed by atoms with Crippen LogP contribution >= 0.6 is 11.6 Å². The maximum Gasteiger partial charge on any atom is 0.294 e. The minimum Gasteiger partial charge on any atom is -0.503 e. The molecule has 176 valence electrons. The molecule has 1 N–H and O–H groups in total. The number of fused-ring (bicyclic) bond motifs is 1. The molecule has 1 aromatic heterocycles. The number of ketones is 1. The third kappa shape index (κ3) is 3.96. The van der Waals surface area contributed by atoms with Gasteiger partial charge in [0.25, 0.3) is 5.91 Å². The minimum absolute atomic E-state index is 0.0253. The van der Waals surface area contributed by atoms with E-state index in [0.29, 0.717) is 27.2 Å². The summed E-state index contributed by atoms with van der Waals surface area (Å²) in [7, 11) is 3.86. The molecule has 1 aliphatic heterocycles. The Balaban J connectivity index is 1.64. The van der Waals surface area contributed by atoms with Crippen LogP contribution in [0.15, 0.2) is 88.5 Å². The number of anilines is 2. The fraction of sp³-hybridized carbons (Fsp3) is 0.143. The summed E-state index contributed by atoms with van der Waals surface area (Å²) in [6.45, 7) is 1.95. The summed E-state index contributed by atoms with van der Waals surface area (Å²) in [6.07, 6.45) is 0. The molecule has 0 saturated carbocycles. The summed E-state index contributed by atoms with van der Waals surface area (Å²) >= 11 is 6.08. The summed E-state index contributed by atoms with van der Waals surface area (Å²) < 4.78 is 5.78. The third-order valence-electron chi connectivity index (χ3n) is 6.19. The van der Waals surface area contributed by atoms with Crippen LogP contribution < -0.4 is 9.80 Å². The van der Waals surface area contributed by atoms with E-state index in [9.17, 15) is 14.7 Å². The molecule has 1 amide bonds. The molecule has 0 radical (unpaired) electrons. The van der Waals surface area contributed by atoms with Crippen molar-refractivity contribution in [3.05, 3.63) is 106 Å². The molecule has 0 aliphatic carbocycles. The zero-order chi connectivity index (χ0) is 24.9. The van der Waals surface area contributed by atoms with Gasteiger partial charge in [-0.25, -0.2) is 0 Å². The number of hydrogen-bond acceptors (Lipinski definition) is 5. The lowest BCUT2D eigenvalue weighted by atomic mass is 9.94. The van der Waals surface area contributed by atoms with Gasteiger partial charge in [0.1, 0.15) is 5.58 Å². The Bertz CT molecular complexity index is 1480. The van der Waals surface area contributed by atoms with E-state index in [1.807, 2.05) is 62.3 Å². The van der Waals surface area contributed by atoms with Crippen molar-refractivity contribution in [2.45, 2.75) is 13.0 Å². The van der Waals surface area contributed by atoms with Gasteiger partial charge >= 0.3 is 0 Å². The molecular formula is C28H23ClN2O4. The molecular weight excluding hydrogens is 464 g/mol. The Morgan fingerprint density at radius 1 is 1.00 bits per heavy atom. The molecule has 1 unspecified atom stereocenters. The molecule has 7 heteroatoms. The van der Waals surface area contributed by atoms with Gasteiger partial charge in [0.2, 0.25) is 5.78 Å². The molecule has 2 heterocycles. The van der Waals surface area contributed by atoms with Gasteiger partial charge in [0.05, 0.1) is 11.6 Å². The number of carbonyl (C=O) groups excluding carboxylic acids is 2. The number of hydrogen-bond donors (Lipinski definition) is 1. The number of aliphatic hydroxyl groups is 1. The maximum atomic E-state index is 13.7. The normalized spacial score (nSPS) is 15.8. The largest absolute Gasteiger partial charge is 0.503 e. The van der Waals surface area contributed by atoms with Gasteiger partial charge in [-0.15, -0.1) is 0 Å². The van der Waals surface area contributed by atoms with Crippen molar-refractivity contribution in [2.24, 2.45) is 0 Å². The molecule has 35 heavy (non-hydrogen) atoms. The lowest BCUT2D eigenvalue weighted by molar-refractivity contribution is -0.117. The lowest BCUT2D eigenvalue weighted by Gasteiger charge is -2.27. The number of aryl methyl sites for hydroxylation is 1. The Morgan fingerprint density at radius 2 is 1.69 bits per heavy atom. The molecule has 6 nitrogen and oxygen atoms in total. The van der Waals surface area contributed by atoms with Gasteiger partial charge in [-0.2, -0.15) is 0 Å². The molecule has 1 aliphatic rings. The molecule has 4 aromatic rings. The molecule has 0 spiro atoms. The van der Waals surface area contributed by atoms with E-state index in [2.05, 4.69) is 0 Å². The molecule has 5 rings (SSSR count). The first-order valence-electron chi connectivity index (χ1n) is 11.1. The first-order valence-corrected chi connectivity index (χ1v) is 11.5. The number of nitrogens with zero attached hydrogens (tertiary/aromatic N) is 2. The summed E-state index contributed by atoms with van der Waals surface area (Å²) in [6, 6.07) is 20.7. The van der Waals surface area contributed by atoms with Crippen LogP contribution in [0.4, 0.5) is 11.4 Å². The fourth-order valence-corrected chi connectivity index (χ4v) is 4.52. The predicted molar refractivity (Wildman–Crippen MR) is 137 cm³/mol. The first-order chi connectivity index (χ1) is 16.7. The highest BCUT2D eigenvalue weighted by Gasteiger charge is 2.45. The number of Topliss-reactive ketones (excluding diaryl/α,β-unsaturated/α-hetero) is 1. The average molecular weight is 487 g/mol. The lowest BCUT2D eigenvalue weighted by Crippen LogP contribution is -2.31. The van der Waals surface area contributed by atoms with Crippen LogP contribution in [0, 0.1) is 6.92 Å². The Labute approximate surface area is 207 Å². The van der Waals surface area contributed by atoms with E-state index in [4.69, 9.17) is 16.0 Å². The fourth-order valence-electron chi connectivity index (χ4n) is 4.34. The van der Waals surface area contributed by atoms with Gasteiger partial charge in [0, 0.05) is 35.9 Å². The van der Waals surface area contributed by atoms with Gasteiger partial charge < -0.3 is 14.4 Å². The second-order valence-corrected chi connectivity index (χ2v) is 9.22. The Hall–Kier alpha value is -4.03. The number of rotatable bonds is 5. The standard InChI is InChI=1S/C28H23ClN2O4/c1-16-4-9-21(10-5-16)31-25(17-6-11-20(12-7-17)30(2)3)24(27(33)28(31)34)26(32)23-15-18-14-19(29)8-13-22(18)35-23/h4-15,25,33H,1-3H3. The smallest absolute Gasteiger partial charge is 0.294 e. The number of benzene rings is 3. The molecule has 0 fully saturated rings. The SMILES string of the molecule is Cc1ccc(N2C(=O)C(O)=C(C(=O)c3cc4cc(Cl)ccc4o3)C2c2ccc(N(C)C)cc2)cc1. The predicted octanol–water partition coefficient (Wildman–Crippen LogP) is 6.24. The minimum atomic E-state index is -0.828. The first kappa shape index (κ1) is 22.7. The third-order valence-corrected chi connectivity index (χ3v) is 6.43. The second-order valence-electron chi connectivity index (χ2n) is 8.78. The molecule has 0 saturated heterocycles. The number of carbonyl (C=O) groups is 2. The number of furan rings is 1. The molecule has 3 aromatic carbocycles. The topological polar surface area (TPSA) is 74.0 Å². The van der Waals surface area contributed by atoms with Gasteiger partial charge in [-0.1, -0.05) is 41.4 Å². The van der Waals surface area contributed by atoms with Crippen LogP contribution in [-0.2, 0) is 4.79 Å². The number of halogens is 1. The van der Waals surface area contributed by atoms with Crippen molar-refractivity contribution in [3.8, 4) is 0 Å². The number of amides is 1. The van der Waals surface area contributed by atoms with Crippen molar-refractivity contribution in [3.63, 3.8) is 0 Å². The molecule has 0 bridgehead atoms. The van der Waals surface area contributed by atoms with E-state index < -0.39 is 23.5 Å². The van der Waals surface area contributed by atoms with Gasteiger partial charge in [-0.3, -0.25) is 14.5 Å². The highest BCUT2D eigenvalue weighted by Crippen LogP contribution is 2.42. The van der Waals surface area contributed by atoms with Crippen molar-refractivity contribution >= 4 is 45.6 Å². The quantitative estimate of drug-likeness (QED) is 0.338. The Morgan fingerprint density at radius 3 is 2.34 bits per heavy atom. The zero-order valence-electron chi connectivity index (χ0n) is 19.4. The summed E-state index contributed by atoms with van der Waals surface area (Å²) in [5.74, 6) is -1.76. The van der Waals surface area contributed by atoms with Crippen LogP contribution in [-0.4, -0.2) is 30.9 Å². The highest BCUT2D eigenvalue weighted by molar-refractivity contribution is 6.31. The van der Waals surface area contributed by atoms with Crippen molar-refractivity contribution in [1.82, 2.24) is 0 Å². The monoisotopic (exact) mass is 486 g/mol. The summed E-state index contributed by atoms with van der Waals surface area (Å²) in [4.78, 5) is 30.4. The van der Waals surface area contributed by atoms with E-state index >= 15 is 0 Å². The van der Waals surface area contributed by atoms with E-state index in [1.165, 1.54) is 4.90 Å². The summed E-state index contributed by atoms with van der Waals surface area (Å²) in [5.41, 5.74) is 3.73. The average Bonchev–Trinajstić information content (AvgIpc) is 3.38. The van der Waals surface area contributed by atoms with Crippen LogP contribution in [0.3, 0.4) is 0 Å². The molecule has 1 atom stereocenters. The van der Waals surface area contributed by atoms with E-state index in [1.54, 1.807) is 36.4 Å². The van der Waals surface area contributed by atoms with E-state index in [0.717, 1.165) is 11.3 Å². The maximum absolute atomic E-state index is 13.7. The van der Waals surface area contributed by atoms with Gasteiger partial charge in [0.15, 0.2) is 11.5 Å². The highest BCUT2D eigenvalue weighted by atomic mass is 35.5. The number of aliphatic hydroxyl groups excluding tert-OH is 1. The van der Waals surface area contributed by atoms with Crippen molar-refractivity contribution < 1.29 is 19.1 Å². The van der Waals surface area contributed by atoms with Crippen LogP contribution in [0.1, 0.15) is 27.7 Å². The van der Waals surface area contributed by atoms with Crippen molar-refractivity contribution in [2.75, 3.05) is 23.9 Å². The van der Waals surface area contributed by atoms with E-state index in [-0.39, 0.29) is 11.3 Å². The second kappa shape index (κ2) is 8.64. The van der Waals surface area contributed by atoms with Crippen molar-refractivity contribution in [1.29, 1.82) is 0 Å². The Kier molecular flexibility index (Phi) is 5.61. The van der Waals surface area contributed by atoms with Crippen LogP contribution in [0.2, 0.25) is 5.02 Å².